The SMILES string of the molecule is COCC(N)CN(C)Cc1ccc(F)cc1F. The van der Waals surface area contributed by atoms with Crippen molar-refractivity contribution < 1.29 is 13.5 Å². The Kier molecular flexibility index (Phi) is 5.47. The monoisotopic (exact) mass is 244 g/mol. The fourth-order valence-corrected chi connectivity index (χ4v) is 1.67. The van der Waals surface area contributed by atoms with Gasteiger partial charge in [-0.15, -0.1) is 0 Å². The lowest BCUT2D eigenvalue weighted by Crippen LogP contribution is -2.38. The molecule has 3 nitrogen and oxygen atoms in total. The minimum atomic E-state index is -0.565. The van der Waals surface area contributed by atoms with Gasteiger partial charge in [0, 0.05) is 37.9 Å². The van der Waals surface area contributed by atoms with Gasteiger partial charge in [0.15, 0.2) is 0 Å². The lowest BCUT2D eigenvalue weighted by molar-refractivity contribution is 0.159. The van der Waals surface area contributed by atoms with E-state index < -0.39 is 11.6 Å². The maximum Gasteiger partial charge on any atom is 0.130 e. The quantitative estimate of drug-likeness (QED) is 0.821. The highest BCUT2D eigenvalue weighted by molar-refractivity contribution is 5.18. The summed E-state index contributed by atoms with van der Waals surface area (Å²) in [5.74, 6) is -1.10. The predicted molar refractivity (Wildman–Crippen MR) is 62.5 cm³/mol. The van der Waals surface area contributed by atoms with Crippen molar-refractivity contribution in [1.29, 1.82) is 0 Å². The van der Waals surface area contributed by atoms with Crippen LogP contribution in [0, 0.1) is 11.6 Å². The van der Waals surface area contributed by atoms with Crippen LogP contribution in [0.4, 0.5) is 8.78 Å². The Morgan fingerprint density at radius 3 is 2.71 bits per heavy atom. The van der Waals surface area contributed by atoms with Crippen molar-refractivity contribution in [2.45, 2.75) is 12.6 Å². The van der Waals surface area contributed by atoms with E-state index in [0.717, 1.165) is 6.07 Å². The number of nitrogens with two attached hydrogens (primary N) is 1. The summed E-state index contributed by atoms with van der Waals surface area (Å²) in [4.78, 5) is 1.88. The van der Waals surface area contributed by atoms with Crippen molar-refractivity contribution >= 4 is 0 Å². The standard InChI is InChI=1S/C12H18F2N2O/c1-16(7-11(15)8-17-2)6-9-3-4-10(13)5-12(9)14/h3-5,11H,6-8,15H2,1-2H3. The van der Waals surface area contributed by atoms with E-state index in [1.165, 1.54) is 12.1 Å². The van der Waals surface area contributed by atoms with Gasteiger partial charge < -0.3 is 15.4 Å². The van der Waals surface area contributed by atoms with E-state index in [9.17, 15) is 8.78 Å². The van der Waals surface area contributed by atoms with Crippen LogP contribution in [0.5, 0.6) is 0 Å². The van der Waals surface area contributed by atoms with E-state index in [4.69, 9.17) is 10.5 Å². The van der Waals surface area contributed by atoms with Gasteiger partial charge in [-0.1, -0.05) is 6.07 Å². The fourth-order valence-electron chi connectivity index (χ4n) is 1.67. The molecule has 1 unspecified atom stereocenters. The summed E-state index contributed by atoms with van der Waals surface area (Å²) in [5.41, 5.74) is 6.24. The van der Waals surface area contributed by atoms with Crippen molar-refractivity contribution in [2.24, 2.45) is 5.73 Å². The molecular formula is C12H18F2N2O. The fraction of sp³-hybridized carbons (Fsp3) is 0.500. The molecule has 5 heteroatoms. The van der Waals surface area contributed by atoms with Crippen molar-refractivity contribution in [2.75, 3.05) is 27.3 Å². The number of rotatable bonds is 6. The Morgan fingerprint density at radius 1 is 1.41 bits per heavy atom. The molecule has 0 saturated heterocycles. The molecule has 0 aliphatic rings. The average Bonchev–Trinajstić information content (AvgIpc) is 2.22. The molecule has 17 heavy (non-hydrogen) atoms. The molecule has 0 spiro atoms. The highest BCUT2D eigenvalue weighted by Crippen LogP contribution is 2.11. The summed E-state index contributed by atoms with van der Waals surface area (Å²) in [6.45, 7) is 1.43. The van der Waals surface area contributed by atoms with Crippen LogP contribution in [-0.2, 0) is 11.3 Å². The normalized spacial score (nSPS) is 13.1. The topological polar surface area (TPSA) is 38.5 Å². The summed E-state index contributed by atoms with van der Waals surface area (Å²) in [6.07, 6.45) is 0. The number of ether oxygens (including phenoxy) is 1. The molecule has 1 atom stereocenters. The molecule has 0 aliphatic heterocycles. The zero-order valence-electron chi connectivity index (χ0n) is 10.1. The van der Waals surface area contributed by atoms with Gasteiger partial charge in [-0.05, 0) is 13.1 Å². The average molecular weight is 244 g/mol. The number of benzene rings is 1. The van der Waals surface area contributed by atoms with Gasteiger partial charge in [-0.3, -0.25) is 0 Å². The van der Waals surface area contributed by atoms with Crippen LogP contribution >= 0.6 is 0 Å². The van der Waals surface area contributed by atoms with E-state index in [1.807, 2.05) is 11.9 Å². The summed E-state index contributed by atoms with van der Waals surface area (Å²) in [7, 11) is 3.41. The van der Waals surface area contributed by atoms with Crippen LogP contribution in [0.25, 0.3) is 0 Å². The van der Waals surface area contributed by atoms with Gasteiger partial charge in [-0.25, -0.2) is 8.78 Å². The Bertz CT molecular complexity index is 360. The Morgan fingerprint density at radius 2 is 2.12 bits per heavy atom. The van der Waals surface area contributed by atoms with Gasteiger partial charge in [0.1, 0.15) is 11.6 Å². The number of likely N-dealkylation sites (N-methyl/N-ethyl adjacent to an activating group) is 1. The summed E-state index contributed by atoms with van der Waals surface area (Å²) < 4.78 is 31.0. The maximum absolute atomic E-state index is 13.4. The van der Waals surface area contributed by atoms with E-state index in [1.54, 1.807) is 7.11 Å². The van der Waals surface area contributed by atoms with Crippen LogP contribution in [0.3, 0.4) is 0 Å². The van der Waals surface area contributed by atoms with Gasteiger partial charge in [0.25, 0.3) is 0 Å². The van der Waals surface area contributed by atoms with Crippen LogP contribution < -0.4 is 5.73 Å². The van der Waals surface area contributed by atoms with Gasteiger partial charge in [0.2, 0.25) is 0 Å². The van der Waals surface area contributed by atoms with Crippen molar-refractivity contribution in [1.82, 2.24) is 4.90 Å². The number of nitrogens with zero attached hydrogens (tertiary/aromatic N) is 1. The lowest BCUT2D eigenvalue weighted by atomic mass is 10.2. The first kappa shape index (κ1) is 14.0. The van der Waals surface area contributed by atoms with E-state index in [-0.39, 0.29) is 6.04 Å². The summed E-state index contributed by atoms with van der Waals surface area (Å²) in [6, 6.07) is 3.47. The molecular weight excluding hydrogens is 226 g/mol. The van der Waals surface area contributed by atoms with Crippen LogP contribution in [0.15, 0.2) is 18.2 Å². The molecule has 1 aromatic carbocycles. The molecule has 0 aromatic heterocycles. The highest BCUT2D eigenvalue weighted by atomic mass is 19.1. The van der Waals surface area contributed by atoms with Crippen molar-refractivity contribution in [3.05, 3.63) is 35.4 Å². The predicted octanol–water partition coefficient (Wildman–Crippen LogP) is 1.37. The molecule has 0 saturated carbocycles. The molecule has 0 amide bonds. The smallest absolute Gasteiger partial charge is 0.130 e. The minimum Gasteiger partial charge on any atom is -0.383 e. The molecule has 1 rings (SSSR count). The van der Waals surface area contributed by atoms with E-state index in [2.05, 4.69) is 0 Å². The second-order valence-corrected chi connectivity index (χ2v) is 4.15. The minimum absolute atomic E-state index is 0.117. The summed E-state index contributed by atoms with van der Waals surface area (Å²) in [5, 5.41) is 0. The highest BCUT2D eigenvalue weighted by Gasteiger charge is 2.10. The van der Waals surface area contributed by atoms with Crippen LogP contribution in [0.1, 0.15) is 5.56 Å². The Labute approximate surface area is 100 Å². The van der Waals surface area contributed by atoms with Gasteiger partial charge in [-0.2, -0.15) is 0 Å². The number of methoxy groups -OCH3 is 1. The van der Waals surface area contributed by atoms with Crippen LogP contribution in [0.2, 0.25) is 0 Å². The maximum atomic E-state index is 13.4. The second-order valence-electron chi connectivity index (χ2n) is 4.15. The third-order valence-corrected chi connectivity index (χ3v) is 2.38. The first-order valence-electron chi connectivity index (χ1n) is 5.40. The largest absolute Gasteiger partial charge is 0.383 e. The molecule has 0 radical (unpaired) electrons. The molecule has 96 valence electrons. The molecule has 0 fully saturated rings. The third-order valence-electron chi connectivity index (χ3n) is 2.38. The van der Waals surface area contributed by atoms with E-state index >= 15 is 0 Å². The molecule has 0 aliphatic carbocycles. The third kappa shape index (κ3) is 4.77. The first-order valence-corrected chi connectivity index (χ1v) is 5.40. The van der Waals surface area contributed by atoms with Gasteiger partial charge in [0.05, 0.1) is 6.61 Å². The van der Waals surface area contributed by atoms with Gasteiger partial charge >= 0.3 is 0 Å². The lowest BCUT2D eigenvalue weighted by Gasteiger charge is -2.21. The number of hydrogen-bond donors (Lipinski definition) is 1. The molecule has 0 heterocycles. The first-order chi connectivity index (χ1) is 8.02. The Hall–Kier alpha value is -1.04. The van der Waals surface area contributed by atoms with E-state index in [0.29, 0.717) is 25.3 Å². The molecule has 1 aromatic rings. The zero-order chi connectivity index (χ0) is 12.8. The summed E-state index contributed by atoms with van der Waals surface area (Å²) >= 11 is 0. The van der Waals surface area contributed by atoms with Crippen molar-refractivity contribution in [3.8, 4) is 0 Å². The second kappa shape index (κ2) is 6.64. The zero-order valence-corrected chi connectivity index (χ0v) is 10.1. The number of halogens is 2. The molecule has 0 bridgehead atoms. The number of hydrogen-bond acceptors (Lipinski definition) is 3. The Balaban J connectivity index is 2.52. The molecule has 2 N–H and O–H groups in total. The van der Waals surface area contributed by atoms with Crippen molar-refractivity contribution in [3.63, 3.8) is 0 Å². The van der Waals surface area contributed by atoms with Crippen LogP contribution in [-0.4, -0.2) is 38.3 Å².